The molecule has 0 saturated carbocycles. The summed E-state index contributed by atoms with van der Waals surface area (Å²) in [7, 11) is 0. The summed E-state index contributed by atoms with van der Waals surface area (Å²) in [4.78, 5) is 0. The van der Waals surface area contributed by atoms with E-state index in [1.807, 2.05) is 31.2 Å². The van der Waals surface area contributed by atoms with Gasteiger partial charge in [-0.15, -0.1) is 36.5 Å². The van der Waals surface area contributed by atoms with Gasteiger partial charge in [-0.3, -0.25) is 0 Å². The van der Waals surface area contributed by atoms with Gasteiger partial charge < -0.3 is 9.47 Å². The molecule has 0 amide bonds. The highest BCUT2D eigenvalue weighted by molar-refractivity contribution is 5.73. The monoisotopic (exact) mass is 616 g/mol. The van der Waals surface area contributed by atoms with Crippen LogP contribution in [0, 0.1) is 20.8 Å². The van der Waals surface area contributed by atoms with Gasteiger partial charge in [0.05, 0.1) is 23.4 Å². The van der Waals surface area contributed by atoms with Crippen molar-refractivity contribution in [2.45, 2.75) is 40.9 Å². The minimum atomic E-state index is -4.69. The number of hydrogen-bond donors (Lipinski definition) is 0. The fourth-order valence-corrected chi connectivity index (χ4v) is 4.57. The van der Waals surface area contributed by atoms with E-state index in [0.717, 1.165) is 39.0 Å². The first-order valence-corrected chi connectivity index (χ1v) is 12.6. The molecule has 0 saturated heterocycles. The molecule has 0 radical (unpaired) electrons. The lowest BCUT2D eigenvalue weighted by atomic mass is 10.00. The van der Waals surface area contributed by atoms with Crippen molar-refractivity contribution in [2.75, 3.05) is 0 Å². The number of nitrogens with zero attached hydrogens (tertiary/aromatic N) is 6. The Hall–Kier alpha value is -5.14. The molecular weight excluding hydrogens is 590 g/mol. The molecule has 0 N–H and O–H groups in total. The summed E-state index contributed by atoms with van der Waals surface area (Å²) < 4.78 is 84.5. The predicted molar refractivity (Wildman–Crippen MR) is 151 cm³/mol. The molecule has 14 heteroatoms. The van der Waals surface area contributed by atoms with Gasteiger partial charge in [0, 0.05) is 11.9 Å². The van der Waals surface area contributed by atoms with Crippen molar-refractivity contribution in [1.29, 1.82) is 0 Å². The number of ether oxygens (including phenoxy) is 2. The standard InChI is InChI=1S/C15H12F3N3O.C14H10F3N3O.CH4/c1-9-5-13(22-15(16,17)18)3-4-14(9)11-6-10(2)21-12(7-11)8-19-20-21;1-9-6-12(21-14(15,16)17)2-3-13(9)10-4-5-20-11(7-10)8-18-19-20;/h3-8H,1-2H3;2-8H,1H3;1H4. The highest BCUT2D eigenvalue weighted by Gasteiger charge is 2.32. The molecule has 44 heavy (non-hydrogen) atoms. The Kier molecular flexibility index (Phi) is 8.83. The van der Waals surface area contributed by atoms with E-state index in [1.165, 1.54) is 24.3 Å². The van der Waals surface area contributed by atoms with Gasteiger partial charge in [0.25, 0.3) is 0 Å². The molecule has 4 aromatic heterocycles. The zero-order valence-electron chi connectivity index (χ0n) is 22.8. The van der Waals surface area contributed by atoms with Crippen LogP contribution in [-0.4, -0.2) is 42.4 Å². The quantitative estimate of drug-likeness (QED) is 0.186. The van der Waals surface area contributed by atoms with Crippen LogP contribution in [-0.2, 0) is 0 Å². The maximum atomic E-state index is 12.2. The summed E-state index contributed by atoms with van der Waals surface area (Å²) in [5, 5.41) is 15.4. The minimum Gasteiger partial charge on any atom is -0.406 e. The number of hydrogen-bond acceptors (Lipinski definition) is 6. The average Bonchev–Trinajstić information content (AvgIpc) is 3.57. The summed E-state index contributed by atoms with van der Waals surface area (Å²) in [6, 6.07) is 16.1. The Labute approximate surface area is 247 Å². The van der Waals surface area contributed by atoms with Gasteiger partial charge in [-0.25, -0.2) is 9.03 Å². The number of pyridine rings is 2. The van der Waals surface area contributed by atoms with Crippen molar-refractivity contribution in [3.8, 4) is 33.8 Å². The largest absolute Gasteiger partial charge is 0.573 e. The minimum absolute atomic E-state index is 0. The fourth-order valence-electron chi connectivity index (χ4n) is 4.57. The first-order chi connectivity index (χ1) is 20.3. The third-order valence-electron chi connectivity index (χ3n) is 6.36. The Bertz CT molecular complexity index is 1910. The molecule has 0 aliphatic heterocycles. The van der Waals surface area contributed by atoms with Gasteiger partial charge in [0.2, 0.25) is 0 Å². The Morgan fingerprint density at radius 2 is 1.14 bits per heavy atom. The van der Waals surface area contributed by atoms with E-state index in [4.69, 9.17) is 0 Å². The van der Waals surface area contributed by atoms with Gasteiger partial charge in [0.15, 0.2) is 0 Å². The maximum Gasteiger partial charge on any atom is 0.573 e. The summed E-state index contributed by atoms with van der Waals surface area (Å²) in [5.41, 5.74) is 7.33. The van der Waals surface area contributed by atoms with Gasteiger partial charge in [-0.05, 0) is 103 Å². The highest BCUT2D eigenvalue weighted by atomic mass is 19.4. The summed E-state index contributed by atoms with van der Waals surface area (Å²) >= 11 is 0. The molecule has 8 nitrogen and oxygen atoms in total. The van der Waals surface area contributed by atoms with Crippen LogP contribution in [0.25, 0.3) is 33.3 Å². The third kappa shape index (κ3) is 7.43. The van der Waals surface area contributed by atoms with E-state index in [-0.39, 0.29) is 18.9 Å². The normalized spacial score (nSPS) is 11.6. The zero-order valence-corrected chi connectivity index (χ0v) is 22.8. The number of benzene rings is 2. The maximum absolute atomic E-state index is 12.2. The lowest BCUT2D eigenvalue weighted by molar-refractivity contribution is -0.275. The Balaban J connectivity index is 0.000000197. The Morgan fingerprint density at radius 1 is 0.614 bits per heavy atom. The van der Waals surface area contributed by atoms with E-state index >= 15 is 0 Å². The molecule has 0 aliphatic rings. The molecule has 2 aromatic carbocycles. The molecule has 6 aromatic rings. The highest BCUT2D eigenvalue weighted by Crippen LogP contribution is 2.32. The second kappa shape index (κ2) is 12.2. The lowest BCUT2D eigenvalue weighted by Gasteiger charge is -2.12. The number of alkyl halides is 6. The van der Waals surface area contributed by atoms with Crippen LogP contribution in [0.3, 0.4) is 0 Å². The van der Waals surface area contributed by atoms with Crippen LogP contribution in [0.2, 0.25) is 0 Å². The Morgan fingerprint density at radius 3 is 1.70 bits per heavy atom. The molecule has 4 heterocycles. The average molecular weight is 617 g/mol. The van der Waals surface area contributed by atoms with E-state index in [9.17, 15) is 26.3 Å². The number of aryl methyl sites for hydroxylation is 3. The van der Waals surface area contributed by atoms with Crippen LogP contribution in [0.1, 0.15) is 24.2 Å². The molecular formula is C30H26F6N6O2. The second-order valence-corrected chi connectivity index (χ2v) is 9.52. The van der Waals surface area contributed by atoms with Gasteiger partial charge in [0.1, 0.15) is 11.5 Å². The van der Waals surface area contributed by atoms with E-state index < -0.39 is 12.7 Å². The van der Waals surface area contributed by atoms with Crippen LogP contribution in [0.4, 0.5) is 26.3 Å². The topological polar surface area (TPSA) is 78.8 Å². The molecule has 0 unspecified atom stereocenters. The van der Waals surface area contributed by atoms with E-state index in [1.54, 1.807) is 53.6 Å². The van der Waals surface area contributed by atoms with Crippen molar-refractivity contribution in [3.05, 3.63) is 96.1 Å². The first-order valence-electron chi connectivity index (χ1n) is 12.6. The van der Waals surface area contributed by atoms with Crippen molar-refractivity contribution in [3.63, 3.8) is 0 Å². The van der Waals surface area contributed by atoms with Crippen LogP contribution in [0.15, 0.2) is 79.3 Å². The van der Waals surface area contributed by atoms with E-state index in [2.05, 4.69) is 30.1 Å². The second-order valence-electron chi connectivity index (χ2n) is 9.52. The number of rotatable bonds is 4. The summed E-state index contributed by atoms with van der Waals surface area (Å²) in [6.45, 7) is 5.37. The molecule has 6 rings (SSSR count). The SMILES string of the molecule is C.Cc1cc(OC(F)(F)F)ccc1-c1cc(C)n2nncc2c1.Cc1cc(OC(F)(F)F)ccc1-c1ccn2nncc2c1. The van der Waals surface area contributed by atoms with Crippen LogP contribution >= 0.6 is 0 Å². The van der Waals surface area contributed by atoms with Crippen molar-refractivity contribution >= 4 is 11.0 Å². The number of fused-ring (bicyclic) bond motifs is 2. The van der Waals surface area contributed by atoms with Gasteiger partial charge >= 0.3 is 12.7 Å². The third-order valence-corrected chi connectivity index (χ3v) is 6.36. The lowest BCUT2D eigenvalue weighted by Crippen LogP contribution is -2.17. The zero-order chi connectivity index (χ0) is 30.9. The van der Waals surface area contributed by atoms with Gasteiger partial charge in [-0.1, -0.05) is 30.0 Å². The molecule has 0 bridgehead atoms. The van der Waals surface area contributed by atoms with Gasteiger partial charge in [-0.2, -0.15) is 0 Å². The van der Waals surface area contributed by atoms with Crippen molar-refractivity contribution in [1.82, 2.24) is 29.7 Å². The summed E-state index contributed by atoms with van der Waals surface area (Å²) in [6.07, 6.45) is -4.38. The first kappa shape index (κ1) is 31.8. The van der Waals surface area contributed by atoms with E-state index in [0.29, 0.717) is 11.1 Å². The number of halogens is 6. The smallest absolute Gasteiger partial charge is 0.406 e. The fraction of sp³-hybridized carbons (Fsp3) is 0.200. The molecule has 0 spiro atoms. The predicted octanol–water partition coefficient (Wildman–Crippen LogP) is 8.15. The molecule has 230 valence electrons. The van der Waals surface area contributed by atoms with Crippen LogP contribution in [0.5, 0.6) is 11.5 Å². The summed E-state index contributed by atoms with van der Waals surface area (Å²) in [5.74, 6) is -0.451. The molecule has 0 fully saturated rings. The molecule has 0 atom stereocenters. The number of aromatic nitrogens is 6. The van der Waals surface area contributed by atoms with Crippen LogP contribution < -0.4 is 9.47 Å². The molecule has 0 aliphatic carbocycles. The van der Waals surface area contributed by atoms with Crippen molar-refractivity contribution < 1.29 is 35.8 Å². The van der Waals surface area contributed by atoms with Crippen molar-refractivity contribution in [2.24, 2.45) is 0 Å².